The van der Waals surface area contributed by atoms with Crippen molar-refractivity contribution in [2.45, 2.75) is 22.6 Å². The van der Waals surface area contributed by atoms with Crippen LogP contribution < -0.4 is 0 Å². The molecule has 2 aromatic carbocycles. The second-order valence-corrected chi connectivity index (χ2v) is 10.7. The smallest absolute Gasteiger partial charge is 0.270 e. The van der Waals surface area contributed by atoms with E-state index in [1.54, 1.807) is 53.1 Å². The average Bonchev–Trinajstić information content (AvgIpc) is 3.17. The van der Waals surface area contributed by atoms with E-state index in [9.17, 15) is 23.3 Å². The number of benzene rings is 2. The molecule has 1 amide bonds. The van der Waals surface area contributed by atoms with E-state index in [1.165, 1.54) is 22.5 Å². The number of sulfonamides is 1. The molecule has 4 rings (SSSR count). The summed E-state index contributed by atoms with van der Waals surface area (Å²) in [7, 11) is -3.57. The zero-order valence-corrected chi connectivity index (χ0v) is 17.8. The third kappa shape index (κ3) is 3.70. The largest absolute Gasteiger partial charge is 0.323 e. The van der Waals surface area contributed by atoms with Gasteiger partial charge in [-0.1, -0.05) is 24.3 Å². The molecule has 0 unspecified atom stereocenters. The normalized spacial score (nSPS) is 19.1. The second kappa shape index (κ2) is 8.01. The van der Waals surface area contributed by atoms with Crippen LogP contribution >= 0.6 is 11.8 Å². The quantitative estimate of drug-likeness (QED) is 0.528. The standard InChI is InChI=1S/C20H21N3O5S2/c24-19(16-5-4-6-17(15-16)23(25)26)22-13-14-29-20(22)9-11-21(12-10-20)30(27,28)18-7-2-1-3-8-18/h1-8,15H,9-14H2. The van der Waals surface area contributed by atoms with Crippen molar-refractivity contribution in [1.82, 2.24) is 9.21 Å². The minimum absolute atomic E-state index is 0.120. The summed E-state index contributed by atoms with van der Waals surface area (Å²) in [6, 6.07) is 14.1. The van der Waals surface area contributed by atoms with Crippen LogP contribution in [0.2, 0.25) is 0 Å². The van der Waals surface area contributed by atoms with Gasteiger partial charge in [-0.15, -0.1) is 11.8 Å². The number of nitro benzene ring substituents is 1. The van der Waals surface area contributed by atoms with Crippen molar-refractivity contribution in [1.29, 1.82) is 0 Å². The zero-order valence-electron chi connectivity index (χ0n) is 16.1. The molecule has 2 heterocycles. The molecule has 2 aliphatic heterocycles. The molecule has 2 aromatic rings. The molecule has 0 N–H and O–H groups in total. The fourth-order valence-corrected chi connectivity index (χ4v) is 6.95. The maximum Gasteiger partial charge on any atom is 0.270 e. The first-order chi connectivity index (χ1) is 14.3. The molecule has 10 heteroatoms. The number of rotatable bonds is 4. The summed E-state index contributed by atoms with van der Waals surface area (Å²) in [6.45, 7) is 1.18. The van der Waals surface area contributed by atoms with Gasteiger partial charge in [0, 0.05) is 43.1 Å². The highest BCUT2D eigenvalue weighted by molar-refractivity contribution is 8.00. The summed E-state index contributed by atoms with van der Waals surface area (Å²) < 4.78 is 27.3. The number of carbonyl (C=O) groups excluding carboxylic acids is 1. The SMILES string of the molecule is O=C(c1cccc([N+](=O)[O-])c1)N1CCSC12CCN(S(=O)(=O)c1ccccc1)CC2. The highest BCUT2D eigenvalue weighted by atomic mass is 32.2. The van der Waals surface area contributed by atoms with Gasteiger partial charge in [0.2, 0.25) is 10.0 Å². The fraction of sp³-hybridized carbons (Fsp3) is 0.350. The van der Waals surface area contributed by atoms with Crippen molar-refractivity contribution >= 4 is 33.4 Å². The Balaban J connectivity index is 1.52. The number of carbonyl (C=O) groups is 1. The van der Waals surface area contributed by atoms with E-state index in [0.717, 1.165) is 5.75 Å². The van der Waals surface area contributed by atoms with Gasteiger partial charge in [-0.2, -0.15) is 4.31 Å². The van der Waals surface area contributed by atoms with Crippen LogP contribution in [0.4, 0.5) is 5.69 Å². The lowest BCUT2D eigenvalue weighted by Gasteiger charge is -2.43. The summed E-state index contributed by atoms with van der Waals surface area (Å²) in [5.41, 5.74) is 0.163. The van der Waals surface area contributed by atoms with Gasteiger partial charge in [0.1, 0.15) is 0 Å². The minimum Gasteiger partial charge on any atom is -0.323 e. The van der Waals surface area contributed by atoms with Crippen LogP contribution in [0.3, 0.4) is 0 Å². The molecule has 30 heavy (non-hydrogen) atoms. The van der Waals surface area contributed by atoms with Gasteiger partial charge >= 0.3 is 0 Å². The number of amides is 1. The number of non-ortho nitro benzene ring substituents is 1. The lowest BCUT2D eigenvalue weighted by Crippen LogP contribution is -2.53. The summed E-state index contributed by atoms with van der Waals surface area (Å²) in [4.78, 5) is 25.2. The van der Waals surface area contributed by atoms with Gasteiger partial charge in [0.05, 0.1) is 14.7 Å². The van der Waals surface area contributed by atoms with Crippen molar-refractivity contribution in [2.24, 2.45) is 0 Å². The molecule has 0 bridgehead atoms. The minimum atomic E-state index is -3.57. The molecule has 0 saturated carbocycles. The Labute approximate surface area is 179 Å². The van der Waals surface area contributed by atoms with Crippen LogP contribution in [-0.2, 0) is 10.0 Å². The maximum atomic E-state index is 13.2. The topological polar surface area (TPSA) is 101 Å². The van der Waals surface area contributed by atoms with Crippen molar-refractivity contribution in [3.05, 3.63) is 70.3 Å². The number of piperidine rings is 1. The molecular weight excluding hydrogens is 426 g/mol. The number of hydrogen-bond acceptors (Lipinski definition) is 6. The highest BCUT2D eigenvalue weighted by Crippen LogP contribution is 2.45. The molecule has 1 spiro atoms. The van der Waals surface area contributed by atoms with Crippen LogP contribution in [-0.4, -0.2) is 58.7 Å². The first kappa shape index (κ1) is 20.8. The molecule has 0 aromatic heterocycles. The number of thioether (sulfide) groups is 1. The Morgan fingerprint density at radius 1 is 1.03 bits per heavy atom. The van der Waals surface area contributed by atoms with E-state index in [-0.39, 0.29) is 22.1 Å². The molecule has 2 aliphatic rings. The summed E-state index contributed by atoms with van der Waals surface area (Å²) in [5, 5.41) is 11.1. The van der Waals surface area contributed by atoms with Crippen molar-refractivity contribution in [3.8, 4) is 0 Å². The van der Waals surface area contributed by atoms with E-state index in [4.69, 9.17) is 0 Å². The van der Waals surface area contributed by atoms with Gasteiger partial charge < -0.3 is 4.90 Å². The third-order valence-electron chi connectivity index (χ3n) is 5.61. The monoisotopic (exact) mass is 447 g/mol. The molecule has 158 valence electrons. The van der Waals surface area contributed by atoms with Gasteiger partial charge in [0.15, 0.2) is 0 Å². The number of hydrogen-bond donors (Lipinski definition) is 0. The van der Waals surface area contributed by atoms with Gasteiger partial charge in [0.25, 0.3) is 11.6 Å². The Kier molecular flexibility index (Phi) is 5.56. The lowest BCUT2D eigenvalue weighted by molar-refractivity contribution is -0.384. The predicted molar refractivity (Wildman–Crippen MR) is 114 cm³/mol. The number of nitro groups is 1. The maximum absolute atomic E-state index is 13.2. The number of nitrogens with zero attached hydrogens (tertiary/aromatic N) is 3. The third-order valence-corrected chi connectivity index (χ3v) is 9.08. The van der Waals surface area contributed by atoms with Gasteiger partial charge in [-0.25, -0.2) is 8.42 Å². The molecule has 8 nitrogen and oxygen atoms in total. The van der Waals surface area contributed by atoms with Crippen LogP contribution in [0, 0.1) is 10.1 Å². The second-order valence-electron chi connectivity index (χ2n) is 7.28. The van der Waals surface area contributed by atoms with Crippen molar-refractivity contribution < 1.29 is 18.1 Å². The molecule has 0 radical (unpaired) electrons. The zero-order chi connectivity index (χ0) is 21.4. The van der Waals surface area contributed by atoms with E-state index in [2.05, 4.69) is 0 Å². The summed E-state index contributed by atoms with van der Waals surface area (Å²) in [6.07, 6.45) is 1.04. The Morgan fingerprint density at radius 3 is 2.40 bits per heavy atom. The first-order valence-corrected chi connectivity index (χ1v) is 12.0. The van der Waals surface area contributed by atoms with Crippen molar-refractivity contribution in [2.75, 3.05) is 25.4 Å². The Bertz CT molecular complexity index is 1070. The Morgan fingerprint density at radius 2 is 1.73 bits per heavy atom. The van der Waals surface area contributed by atoms with E-state index >= 15 is 0 Å². The van der Waals surface area contributed by atoms with Crippen LogP contribution in [0.25, 0.3) is 0 Å². The Hall–Kier alpha value is -2.43. The fourth-order valence-electron chi connectivity index (χ4n) is 4.04. The van der Waals surface area contributed by atoms with Crippen LogP contribution in [0.1, 0.15) is 23.2 Å². The lowest BCUT2D eigenvalue weighted by atomic mass is 10.0. The van der Waals surface area contributed by atoms with E-state index in [1.807, 2.05) is 0 Å². The molecule has 0 atom stereocenters. The van der Waals surface area contributed by atoms with Gasteiger partial charge in [-0.3, -0.25) is 14.9 Å². The average molecular weight is 448 g/mol. The van der Waals surface area contributed by atoms with E-state index < -0.39 is 19.8 Å². The summed E-state index contributed by atoms with van der Waals surface area (Å²) in [5.74, 6) is 0.509. The summed E-state index contributed by atoms with van der Waals surface area (Å²) >= 11 is 1.67. The van der Waals surface area contributed by atoms with Crippen LogP contribution in [0.5, 0.6) is 0 Å². The molecule has 2 saturated heterocycles. The first-order valence-electron chi connectivity index (χ1n) is 9.59. The van der Waals surface area contributed by atoms with Gasteiger partial charge in [-0.05, 0) is 31.0 Å². The molecule has 0 aliphatic carbocycles. The highest BCUT2D eigenvalue weighted by Gasteiger charge is 2.48. The molecule has 2 fully saturated rings. The predicted octanol–water partition coefficient (Wildman–Crippen LogP) is 2.96. The van der Waals surface area contributed by atoms with Crippen LogP contribution in [0.15, 0.2) is 59.5 Å². The molecular formula is C20H21N3O5S2. The van der Waals surface area contributed by atoms with E-state index in [0.29, 0.717) is 32.5 Å². The van der Waals surface area contributed by atoms with Crippen molar-refractivity contribution in [3.63, 3.8) is 0 Å².